The third-order valence-electron chi connectivity index (χ3n) is 2.80. The van der Waals surface area contributed by atoms with Gasteiger partial charge in [-0.3, -0.25) is 10.1 Å². The number of hydrogen-bond acceptors (Lipinski definition) is 2. The molecule has 14 heavy (non-hydrogen) atoms. The number of nitro benzene ring substituents is 1. The quantitative estimate of drug-likeness (QED) is 0.572. The first-order valence-corrected chi connectivity index (χ1v) is 5.36. The van der Waals surface area contributed by atoms with E-state index in [0.717, 1.165) is 29.3 Å². The van der Waals surface area contributed by atoms with Gasteiger partial charge >= 0.3 is 0 Å². The Labute approximate surface area is 90.4 Å². The van der Waals surface area contributed by atoms with Crippen molar-refractivity contribution < 1.29 is 4.92 Å². The van der Waals surface area contributed by atoms with Gasteiger partial charge in [0.15, 0.2) is 0 Å². The van der Waals surface area contributed by atoms with Gasteiger partial charge < -0.3 is 0 Å². The maximum atomic E-state index is 10.8. The Morgan fingerprint density at radius 3 is 2.71 bits per heavy atom. The van der Waals surface area contributed by atoms with Crippen molar-refractivity contribution in [3.05, 3.63) is 37.3 Å². The van der Waals surface area contributed by atoms with Crippen molar-refractivity contribution in [2.24, 2.45) is 0 Å². The zero-order valence-corrected chi connectivity index (χ0v) is 9.43. The lowest BCUT2D eigenvalue weighted by atomic mass is 10.0. The van der Waals surface area contributed by atoms with E-state index in [-0.39, 0.29) is 10.6 Å². The van der Waals surface area contributed by atoms with Gasteiger partial charge in [0.05, 0.1) is 4.92 Å². The van der Waals surface area contributed by atoms with E-state index in [1.165, 1.54) is 11.1 Å². The van der Waals surface area contributed by atoms with E-state index >= 15 is 0 Å². The van der Waals surface area contributed by atoms with Crippen molar-refractivity contribution in [1.29, 1.82) is 0 Å². The fraction of sp³-hybridized carbons (Fsp3) is 0.400. The zero-order valence-electron chi connectivity index (χ0n) is 7.84. The van der Waals surface area contributed by atoms with Crippen LogP contribution in [0.1, 0.15) is 23.1 Å². The fourth-order valence-electron chi connectivity index (χ4n) is 2.08. The molecule has 0 spiro atoms. The summed E-state index contributed by atoms with van der Waals surface area (Å²) >= 11 is 3.40. The average Bonchev–Trinajstić information content (AvgIpc) is 2.59. The molecule has 3 nitrogen and oxygen atoms in total. The lowest BCUT2D eigenvalue weighted by Crippen LogP contribution is -1.97. The molecule has 74 valence electrons. The third kappa shape index (κ3) is 1.34. The molecule has 0 unspecified atom stereocenters. The minimum Gasteiger partial charge on any atom is -0.258 e. The Balaban J connectivity index is 2.68. The van der Waals surface area contributed by atoms with Gasteiger partial charge in [0.25, 0.3) is 5.69 Å². The molecule has 0 saturated heterocycles. The van der Waals surface area contributed by atoms with Crippen LogP contribution in [0.3, 0.4) is 0 Å². The summed E-state index contributed by atoms with van der Waals surface area (Å²) in [5.41, 5.74) is 3.50. The maximum absolute atomic E-state index is 10.8. The summed E-state index contributed by atoms with van der Waals surface area (Å²) in [7, 11) is 0. The first-order valence-electron chi connectivity index (χ1n) is 4.56. The van der Waals surface area contributed by atoms with Gasteiger partial charge in [-0.15, -0.1) is 0 Å². The van der Waals surface area contributed by atoms with Crippen LogP contribution in [0.5, 0.6) is 0 Å². The minimum atomic E-state index is -0.307. The summed E-state index contributed by atoms with van der Waals surface area (Å²) in [4.78, 5) is 10.5. The zero-order chi connectivity index (χ0) is 10.3. The van der Waals surface area contributed by atoms with Crippen LogP contribution in [-0.2, 0) is 12.8 Å². The smallest absolute Gasteiger partial charge is 0.258 e. The second-order valence-corrected chi connectivity index (χ2v) is 4.42. The molecule has 1 aliphatic carbocycles. The van der Waals surface area contributed by atoms with Gasteiger partial charge in [0, 0.05) is 16.1 Å². The van der Waals surface area contributed by atoms with Crippen molar-refractivity contribution in [2.75, 3.05) is 0 Å². The minimum absolute atomic E-state index is 0.234. The lowest BCUT2D eigenvalue weighted by molar-refractivity contribution is -0.385. The molecule has 1 aliphatic rings. The van der Waals surface area contributed by atoms with Crippen molar-refractivity contribution in [2.45, 2.75) is 26.2 Å². The van der Waals surface area contributed by atoms with E-state index in [9.17, 15) is 10.1 Å². The number of nitro groups is 1. The van der Waals surface area contributed by atoms with Crippen molar-refractivity contribution in [3.63, 3.8) is 0 Å². The highest BCUT2D eigenvalue weighted by molar-refractivity contribution is 9.10. The predicted octanol–water partition coefficient (Wildman–Crippen LogP) is 3.15. The molecule has 4 heteroatoms. The molecule has 0 N–H and O–H groups in total. The average molecular weight is 256 g/mol. The van der Waals surface area contributed by atoms with E-state index in [1.54, 1.807) is 6.07 Å². The number of nitrogens with zero attached hydrogens (tertiary/aromatic N) is 1. The number of fused-ring (bicyclic) bond motifs is 1. The van der Waals surface area contributed by atoms with Crippen molar-refractivity contribution in [1.82, 2.24) is 0 Å². The third-order valence-corrected chi connectivity index (χ3v) is 3.51. The first-order chi connectivity index (χ1) is 6.61. The van der Waals surface area contributed by atoms with Crippen LogP contribution in [0.25, 0.3) is 0 Å². The molecule has 0 radical (unpaired) electrons. The lowest BCUT2D eigenvalue weighted by Gasteiger charge is -2.06. The molecule has 1 aromatic carbocycles. The van der Waals surface area contributed by atoms with Crippen LogP contribution in [0, 0.1) is 17.0 Å². The van der Waals surface area contributed by atoms with Crippen LogP contribution in [0.2, 0.25) is 0 Å². The number of halogens is 1. The maximum Gasteiger partial charge on any atom is 0.273 e. The van der Waals surface area contributed by atoms with E-state index in [4.69, 9.17) is 0 Å². The van der Waals surface area contributed by atoms with E-state index in [2.05, 4.69) is 15.9 Å². The number of hydrogen-bond donors (Lipinski definition) is 0. The molecular weight excluding hydrogens is 246 g/mol. The van der Waals surface area contributed by atoms with Gasteiger partial charge in [-0.05, 0) is 37.3 Å². The SMILES string of the molecule is Cc1c([N+](=O)[O-])cc(Br)c2c1CCC2. The molecule has 0 atom stereocenters. The summed E-state index contributed by atoms with van der Waals surface area (Å²) in [6.07, 6.45) is 3.12. The fourth-order valence-corrected chi connectivity index (χ4v) is 2.74. The van der Waals surface area contributed by atoms with Gasteiger partial charge in [-0.1, -0.05) is 15.9 Å². The highest BCUT2D eigenvalue weighted by Crippen LogP contribution is 2.36. The van der Waals surface area contributed by atoms with E-state index in [1.807, 2.05) is 6.92 Å². The van der Waals surface area contributed by atoms with Crippen molar-refractivity contribution >= 4 is 21.6 Å². The van der Waals surface area contributed by atoms with Gasteiger partial charge in [0.1, 0.15) is 0 Å². The monoisotopic (exact) mass is 255 g/mol. The molecule has 0 fully saturated rings. The molecular formula is C10H10BrNO2. The second-order valence-electron chi connectivity index (χ2n) is 3.57. The largest absolute Gasteiger partial charge is 0.273 e. The summed E-state index contributed by atoms with van der Waals surface area (Å²) in [5, 5.41) is 10.8. The number of rotatable bonds is 1. The number of benzene rings is 1. The molecule has 0 bridgehead atoms. The molecule has 0 saturated carbocycles. The highest BCUT2D eigenvalue weighted by atomic mass is 79.9. The second kappa shape index (κ2) is 3.35. The summed E-state index contributed by atoms with van der Waals surface area (Å²) in [5.74, 6) is 0. The summed E-state index contributed by atoms with van der Waals surface area (Å²) < 4.78 is 0.891. The van der Waals surface area contributed by atoms with Crippen LogP contribution in [0.4, 0.5) is 5.69 Å². The van der Waals surface area contributed by atoms with Crippen LogP contribution in [-0.4, -0.2) is 4.92 Å². The van der Waals surface area contributed by atoms with Gasteiger partial charge in [-0.2, -0.15) is 0 Å². The Hall–Kier alpha value is -0.900. The van der Waals surface area contributed by atoms with E-state index < -0.39 is 0 Å². The van der Waals surface area contributed by atoms with Gasteiger partial charge in [0.2, 0.25) is 0 Å². The normalized spacial score (nSPS) is 14.1. The Morgan fingerprint density at radius 1 is 1.43 bits per heavy atom. The van der Waals surface area contributed by atoms with Crippen LogP contribution >= 0.6 is 15.9 Å². The Kier molecular flexibility index (Phi) is 2.31. The Morgan fingerprint density at radius 2 is 2.07 bits per heavy atom. The molecule has 1 aromatic rings. The molecule has 0 aliphatic heterocycles. The first kappa shape index (κ1) is 9.65. The molecule has 2 rings (SSSR count). The molecule has 0 heterocycles. The topological polar surface area (TPSA) is 43.1 Å². The van der Waals surface area contributed by atoms with E-state index in [0.29, 0.717) is 0 Å². The van der Waals surface area contributed by atoms with Crippen LogP contribution < -0.4 is 0 Å². The molecule has 0 aromatic heterocycles. The van der Waals surface area contributed by atoms with Crippen LogP contribution in [0.15, 0.2) is 10.5 Å². The summed E-state index contributed by atoms with van der Waals surface area (Å²) in [6, 6.07) is 1.62. The predicted molar refractivity (Wildman–Crippen MR) is 57.6 cm³/mol. The van der Waals surface area contributed by atoms with Gasteiger partial charge in [-0.25, -0.2) is 0 Å². The van der Waals surface area contributed by atoms with Crippen molar-refractivity contribution in [3.8, 4) is 0 Å². The molecule has 0 amide bonds. The standard InChI is InChI=1S/C10H10BrNO2/c1-6-7-3-2-4-8(7)9(11)5-10(6)12(13)14/h5H,2-4H2,1H3. The Bertz CT molecular complexity index is 415. The highest BCUT2D eigenvalue weighted by Gasteiger charge is 2.23. The summed E-state index contributed by atoms with van der Waals surface area (Å²) in [6.45, 7) is 1.84.